The van der Waals surface area contributed by atoms with Gasteiger partial charge in [0.25, 0.3) is 0 Å². The van der Waals surface area contributed by atoms with Crippen molar-refractivity contribution in [3.8, 4) is 0 Å². The summed E-state index contributed by atoms with van der Waals surface area (Å²) in [4.78, 5) is 12.4. The summed E-state index contributed by atoms with van der Waals surface area (Å²) in [5.74, 6) is -0.375. The van der Waals surface area contributed by atoms with Gasteiger partial charge in [-0.3, -0.25) is 0 Å². The predicted octanol–water partition coefficient (Wildman–Crippen LogP) is 4.66. The minimum absolute atomic E-state index is 0.375. The fourth-order valence-corrected chi connectivity index (χ4v) is 3.91. The van der Waals surface area contributed by atoms with Crippen molar-refractivity contribution < 1.29 is 4.42 Å². The van der Waals surface area contributed by atoms with E-state index in [1.54, 1.807) is 0 Å². The molecule has 3 aromatic rings. The van der Waals surface area contributed by atoms with Crippen molar-refractivity contribution in [3.05, 3.63) is 46.1 Å². The van der Waals surface area contributed by atoms with E-state index >= 15 is 0 Å². The summed E-state index contributed by atoms with van der Waals surface area (Å²) in [5.41, 5.74) is 3.98. The predicted molar refractivity (Wildman–Crippen MR) is 95.6 cm³/mol. The third kappa shape index (κ3) is 2.85. The Morgan fingerprint density at radius 1 is 0.875 bits per heavy atom. The van der Waals surface area contributed by atoms with Gasteiger partial charge in [-0.15, -0.1) is 0 Å². The summed E-state index contributed by atoms with van der Waals surface area (Å²) in [6.45, 7) is 0. The summed E-state index contributed by atoms with van der Waals surface area (Å²) >= 11 is 0. The van der Waals surface area contributed by atoms with Gasteiger partial charge in [0.2, 0.25) is 0 Å². The summed E-state index contributed by atoms with van der Waals surface area (Å²) in [5, 5.41) is 5.64. The first-order valence-corrected chi connectivity index (χ1v) is 9.27. The van der Waals surface area contributed by atoms with Gasteiger partial charge in [-0.25, -0.2) is 4.79 Å². The Bertz CT molecular complexity index is 907. The molecule has 0 radical (unpaired) electrons. The van der Waals surface area contributed by atoms with E-state index in [9.17, 15) is 4.79 Å². The van der Waals surface area contributed by atoms with Gasteiger partial charge in [-0.2, -0.15) is 9.61 Å². The van der Waals surface area contributed by atoms with Crippen LogP contribution in [0.1, 0.15) is 62.6 Å². The quantitative estimate of drug-likeness (QED) is 0.604. The van der Waals surface area contributed by atoms with Gasteiger partial charge in [-0.05, 0) is 37.8 Å². The molecule has 0 saturated carbocycles. The van der Waals surface area contributed by atoms with Crippen LogP contribution in [0, 0.1) is 0 Å². The second-order valence-electron chi connectivity index (χ2n) is 6.88. The Labute approximate surface area is 141 Å². The average Bonchev–Trinajstić information content (AvgIpc) is 2.94. The monoisotopic (exact) mass is 324 g/mol. The lowest BCUT2D eigenvalue weighted by molar-refractivity contribution is 0.505. The molecule has 0 aliphatic heterocycles. The van der Waals surface area contributed by atoms with Crippen LogP contribution in [0.2, 0.25) is 0 Å². The van der Waals surface area contributed by atoms with Crippen LogP contribution < -0.4 is 5.76 Å². The maximum absolute atomic E-state index is 12.4. The molecule has 0 bridgehead atoms. The first-order chi connectivity index (χ1) is 11.8. The summed E-state index contributed by atoms with van der Waals surface area (Å²) < 4.78 is 6.94. The Morgan fingerprint density at radius 2 is 1.54 bits per heavy atom. The van der Waals surface area contributed by atoms with Gasteiger partial charge in [0.15, 0.2) is 0 Å². The fourth-order valence-electron chi connectivity index (χ4n) is 3.91. The number of nitrogens with zero attached hydrogens (tertiary/aromatic N) is 2. The first kappa shape index (κ1) is 15.4. The van der Waals surface area contributed by atoms with E-state index in [1.807, 2.05) is 24.3 Å². The molecule has 126 valence electrons. The lowest BCUT2D eigenvalue weighted by Crippen LogP contribution is -2.12. The van der Waals surface area contributed by atoms with Crippen molar-refractivity contribution in [2.75, 3.05) is 0 Å². The van der Waals surface area contributed by atoms with Crippen LogP contribution in [0.25, 0.3) is 16.5 Å². The third-order valence-electron chi connectivity index (χ3n) is 5.17. The molecule has 0 unspecified atom stereocenters. The molecule has 24 heavy (non-hydrogen) atoms. The lowest BCUT2D eigenvalue weighted by Gasteiger charge is -2.07. The highest BCUT2D eigenvalue weighted by atomic mass is 16.4. The number of hydrogen-bond donors (Lipinski definition) is 0. The molecule has 0 saturated heterocycles. The number of para-hydroxylation sites is 1. The van der Waals surface area contributed by atoms with E-state index in [2.05, 4.69) is 5.10 Å². The molecule has 0 fully saturated rings. The highest BCUT2D eigenvalue weighted by Crippen LogP contribution is 2.27. The van der Waals surface area contributed by atoms with Crippen LogP contribution in [0.4, 0.5) is 0 Å². The average molecular weight is 324 g/mol. The largest absolute Gasteiger partial charge is 0.440 e. The van der Waals surface area contributed by atoms with Crippen molar-refractivity contribution in [3.63, 3.8) is 0 Å². The lowest BCUT2D eigenvalue weighted by atomic mass is 9.98. The number of rotatable bonds is 0. The fraction of sp³-hybridized carbons (Fsp3) is 0.500. The second-order valence-corrected chi connectivity index (χ2v) is 6.88. The molecule has 0 amide bonds. The van der Waals surface area contributed by atoms with Crippen molar-refractivity contribution in [1.82, 2.24) is 9.61 Å². The van der Waals surface area contributed by atoms with Crippen LogP contribution in [-0.2, 0) is 12.8 Å². The number of fused-ring (bicyclic) bond motifs is 5. The molecule has 0 atom stereocenters. The number of benzene rings is 1. The second kappa shape index (κ2) is 6.80. The zero-order chi connectivity index (χ0) is 16.4. The molecule has 1 aromatic carbocycles. The van der Waals surface area contributed by atoms with E-state index in [0.717, 1.165) is 35.9 Å². The van der Waals surface area contributed by atoms with Crippen molar-refractivity contribution in [2.24, 2.45) is 0 Å². The van der Waals surface area contributed by atoms with Crippen LogP contribution in [0.3, 0.4) is 0 Å². The van der Waals surface area contributed by atoms with Crippen molar-refractivity contribution in [2.45, 2.75) is 64.2 Å². The highest BCUT2D eigenvalue weighted by Gasteiger charge is 2.18. The van der Waals surface area contributed by atoms with Crippen LogP contribution in [0.5, 0.6) is 0 Å². The van der Waals surface area contributed by atoms with Gasteiger partial charge in [-0.1, -0.05) is 50.7 Å². The van der Waals surface area contributed by atoms with E-state index in [1.165, 1.54) is 55.0 Å². The molecular formula is C20H24N2O2. The van der Waals surface area contributed by atoms with E-state index in [-0.39, 0.29) is 5.76 Å². The minimum Gasteiger partial charge on any atom is -0.408 e. The maximum atomic E-state index is 12.4. The Kier molecular flexibility index (Phi) is 4.37. The van der Waals surface area contributed by atoms with Crippen LogP contribution >= 0.6 is 0 Å². The molecule has 4 nitrogen and oxygen atoms in total. The summed E-state index contributed by atoms with van der Waals surface area (Å²) in [6, 6.07) is 7.80. The third-order valence-corrected chi connectivity index (χ3v) is 5.17. The summed E-state index contributed by atoms with van der Waals surface area (Å²) in [7, 11) is 0. The normalized spacial score (nSPS) is 17.3. The van der Waals surface area contributed by atoms with E-state index < -0.39 is 0 Å². The van der Waals surface area contributed by atoms with Crippen LogP contribution in [0.15, 0.2) is 33.5 Å². The Balaban J connectivity index is 1.87. The van der Waals surface area contributed by atoms with Gasteiger partial charge < -0.3 is 4.42 Å². The maximum Gasteiger partial charge on any atom is 0.440 e. The minimum atomic E-state index is -0.375. The van der Waals surface area contributed by atoms with Gasteiger partial charge in [0, 0.05) is 10.9 Å². The zero-order valence-electron chi connectivity index (χ0n) is 14.1. The molecule has 2 heterocycles. The van der Waals surface area contributed by atoms with Crippen molar-refractivity contribution >= 4 is 16.5 Å². The number of hydrogen-bond acceptors (Lipinski definition) is 3. The number of aromatic nitrogens is 2. The standard InChI is InChI=1S/C20H24N2O2/c23-20-22-19(16-12-9-10-14-18(16)24-20)15-11-7-5-3-1-2-4-6-8-13-17(15)21-22/h9-10,12,14H,1-8,11,13H2. The van der Waals surface area contributed by atoms with Crippen molar-refractivity contribution in [1.29, 1.82) is 0 Å². The molecule has 4 heteroatoms. The number of aryl methyl sites for hydroxylation is 2. The molecule has 4 rings (SSSR count). The molecule has 1 aliphatic carbocycles. The first-order valence-electron chi connectivity index (χ1n) is 9.27. The van der Waals surface area contributed by atoms with Gasteiger partial charge in [0.05, 0.1) is 11.2 Å². The topological polar surface area (TPSA) is 47.5 Å². The van der Waals surface area contributed by atoms with Gasteiger partial charge >= 0.3 is 5.76 Å². The Morgan fingerprint density at radius 3 is 2.33 bits per heavy atom. The van der Waals surface area contributed by atoms with E-state index in [0.29, 0.717) is 5.58 Å². The highest BCUT2D eigenvalue weighted by molar-refractivity contribution is 5.94. The van der Waals surface area contributed by atoms with E-state index in [4.69, 9.17) is 4.42 Å². The molecular weight excluding hydrogens is 300 g/mol. The Hall–Kier alpha value is -2.10. The smallest absolute Gasteiger partial charge is 0.408 e. The van der Waals surface area contributed by atoms with Crippen LogP contribution in [-0.4, -0.2) is 9.61 Å². The zero-order valence-corrected chi connectivity index (χ0v) is 14.1. The summed E-state index contributed by atoms with van der Waals surface area (Å²) in [6.07, 6.45) is 12.1. The SMILES string of the molecule is O=c1oc2ccccc2c2c3c(nn12)CCCCCCCCCC3. The molecule has 2 aromatic heterocycles. The van der Waals surface area contributed by atoms with Gasteiger partial charge in [0.1, 0.15) is 5.58 Å². The molecule has 0 N–H and O–H groups in total. The molecule has 1 aliphatic rings. The molecule has 0 spiro atoms.